The van der Waals surface area contributed by atoms with Gasteiger partial charge in [-0.3, -0.25) is 9.59 Å². The normalized spacial score (nSPS) is 10.4. The Morgan fingerprint density at radius 2 is 1.54 bits per heavy atom. The average Bonchev–Trinajstić information content (AvgIpc) is 2.63. The van der Waals surface area contributed by atoms with E-state index >= 15 is 0 Å². The molecule has 2 rings (SSSR count). The molecule has 0 aromatic heterocycles. The summed E-state index contributed by atoms with van der Waals surface area (Å²) in [4.78, 5) is 35.6. The van der Waals surface area contributed by atoms with Gasteiger partial charge in [-0.25, -0.2) is 4.79 Å². The fourth-order valence-corrected chi connectivity index (χ4v) is 2.58. The van der Waals surface area contributed by atoms with Gasteiger partial charge in [0.2, 0.25) is 5.91 Å². The van der Waals surface area contributed by atoms with Crippen molar-refractivity contribution in [1.82, 2.24) is 0 Å². The molecule has 26 heavy (non-hydrogen) atoms. The summed E-state index contributed by atoms with van der Waals surface area (Å²) in [5.41, 5.74) is 1.24. The standard InChI is InChI=1S/C20H22N2O4/c1-3-13(4-2)18(23)21-15-11-9-14(10-12-15)19(24)22-17-8-6-5-7-16(17)20(25)26/h5-13H,3-4H2,1-2H3,(H,21,23)(H,22,24)(H,25,26). The largest absolute Gasteiger partial charge is 0.478 e. The zero-order valence-electron chi connectivity index (χ0n) is 14.8. The molecule has 0 bridgehead atoms. The van der Waals surface area contributed by atoms with E-state index in [2.05, 4.69) is 10.6 Å². The van der Waals surface area contributed by atoms with Gasteiger partial charge in [-0.15, -0.1) is 0 Å². The molecule has 0 aliphatic rings. The molecule has 0 spiro atoms. The van der Waals surface area contributed by atoms with Crippen molar-refractivity contribution in [3.05, 3.63) is 59.7 Å². The fraction of sp³-hybridized carbons (Fsp3) is 0.250. The molecule has 6 heteroatoms. The van der Waals surface area contributed by atoms with Crippen LogP contribution in [0.15, 0.2) is 48.5 Å². The van der Waals surface area contributed by atoms with Gasteiger partial charge in [-0.1, -0.05) is 26.0 Å². The van der Waals surface area contributed by atoms with Gasteiger partial charge < -0.3 is 15.7 Å². The minimum Gasteiger partial charge on any atom is -0.478 e. The molecule has 0 radical (unpaired) electrons. The Bertz CT molecular complexity index is 796. The molecule has 0 atom stereocenters. The number of para-hydroxylation sites is 1. The Morgan fingerprint density at radius 3 is 2.12 bits per heavy atom. The fourth-order valence-electron chi connectivity index (χ4n) is 2.58. The third-order valence-corrected chi connectivity index (χ3v) is 4.18. The average molecular weight is 354 g/mol. The molecule has 0 unspecified atom stereocenters. The summed E-state index contributed by atoms with van der Waals surface area (Å²) in [6.45, 7) is 3.94. The molecule has 0 saturated heterocycles. The van der Waals surface area contributed by atoms with Gasteiger partial charge in [0.25, 0.3) is 5.91 Å². The maximum atomic E-state index is 12.3. The highest BCUT2D eigenvalue weighted by atomic mass is 16.4. The molecule has 3 N–H and O–H groups in total. The molecule has 0 heterocycles. The van der Waals surface area contributed by atoms with Crippen LogP contribution in [-0.2, 0) is 4.79 Å². The van der Waals surface area contributed by atoms with Gasteiger partial charge in [0.1, 0.15) is 0 Å². The number of carboxylic acids is 1. The van der Waals surface area contributed by atoms with E-state index in [-0.39, 0.29) is 23.1 Å². The summed E-state index contributed by atoms with van der Waals surface area (Å²) in [6, 6.07) is 12.7. The highest BCUT2D eigenvalue weighted by Gasteiger charge is 2.15. The summed E-state index contributed by atoms with van der Waals surface area (Å²) >= 11 is 0. The lowest BCUT2D eigenvalue weighted by Crippen LogP contribution is -2.21. The third-order valence-electron chi connectivity index (χ3n) is 4.18. The van der Waals surface area contributed by atoms with E-state index in [1.54, 1.807) is 36.4 Å². The van der Waals surface area contributed by atoms with Crippen LogP contribution in [-0.4, -0.2) is 22.9 Å². The van der Waals surface area contributed by atoms with E-state index in [9.17, 15) is 14.4 Å². The van der Waals surface area contributed by atoms with Crippen LogP contribution in [0.25, 0.3) is 0 Å². The lowest BCUT2D eigenvalue weighted by molar-refractivity contribution is -0.120. The van der Waals surface area contributed by atoms with E-state index in [0.717, 1.165) is 12.8 Å². The van der Waals surface area contributed by atoms with Gasteiger partial charge in [0, 0.05) is 17.2 Å². The number of amides is 2. The molecule has 6 nitrogen and oxygen atoms in total. The van der Waals surface area contributed by atoms with Gasteiger partial charge in [0.15, 0.2) is 0 Å². The van der Waals surface area contributed by atoms with Crippen LogP contribution in [0.4, 0.5) is 11.4 Å². The second-order valence-electron chi connectivity index (χ2n) is 5.88. The van der Waals surface area contributed by atoms with E-state index in [4.69, 9.17) is 5.11 Å². The number of nitrogens with one attached hydrogen (secondary N) is 2. The number of aromatic carboxylic acids is 1. The molecule has 2 amide bonds. The van der Waals surface area contributed by atoms with E-state index in [0.29, 0.717) is 11.3 Å². The number of carbonyl (C=O) groups excluding carboxylic acids is 2. The predicted octanol–water partition coefficient (Wildman–Crippen LogP) is 4.01. The van der Waals surface area contributed by atoms with Crippen LogP contribution in [0.1, 0.15) is 47.4 Å². The van der Waals surface area contributed by atoms with Crippen LogP contribution in [0.5, 0.6) is 0 Å². The van der Waals surface area contributed by atoms with Crippen molar-refractivity contribution < 1.29 is 19.5 Å². The Labute approximate surface area is 152 Å². The molecule has 136 valence electrons. The van der Waals surface area contributed by atoms with Crippen molar-refractivity contribution in [3.63, 3.8) is 0 Å². The number of anilines is 2. The smallest absolute Gasteiger partial charge is 0.337 e. The number of hydrogen-bond donors (Lipinski definition) is 3. The topological polar surface area (TPSA) is 95.5 Å². The summed E-state index contributed by atoms with van der Waals surface area (Å²) in [5, 5.41) is 14.6. The zero-order valence-corrected chi connectivity index (χ0v) is 14.8. The predicted molar refractivity (Wildman–Crippen MR) is 100 cm³/mol. The number of benzene rings is 2. The quantitative estimate of drug-likeness (QED) is 0.700. The minimum atomic E-state index is -1.11. The number of hydrogen-bond acceptors (Lipinski definition) is 3. The lowest BCUT2D eigenvalue weighted by Gasteiger charge is -2.13. The highest BCUT2D eigenvalue weighted by molar-refractivity contribution is 6.08. The Balaban J connectivity index is 2.08. The lowest BCUT2D eigenvalue weighted by atomic mass is 10.0. The molecular formula is C20H22N2O4. The first-order chi connectivity index (χ1) is 12.5. The Hall–Kier alpha value is -3.15. The number of rotatable bonds is 7. The number of carbonyl (C=O) groups is 3. The minimum absolute atomic E-state index is 0.0231. The van der Waals surface area contributed by atoms with E-state index < -0.39 is 11.9 Å². The second kappa shape index (κ2) is 8.80. The van der Waals surface area contributed by atoms with E-state index in [1.807, 2.05) is 13.8 Å². The monoisotopic (exact) mass is 354 g/mol. The molecule has 0 fully saturated rings. The van der Waals surface area contributed by atoms with Crippen LogP contribution in [0, 0.1) is 5.92 Å². The number of carboxylic acid groups (broad SMARTS) is 1. The van der Waals surface area contributed by atoms with E-state index in [1.165, 1.54) is 12.1 Å². The Morgan fingerprint density at radius 1 is 0.923 bits per heavy atom. The van der Waals surface area contributed by atoms with Gasteiger partial charge in [0.05, 0.1) is 11.3 Å². The van der Waals surface area contributed by atoms with Crippen molar-refractivity contribution >= 4 is 29.2 Å². The summed E-state index contributed by atoms with van der Waals surface area (Å²) in [7, 11) is 0. The maximum Gasteiger partial charge on any atom is 0.337 e. The van der Waals surface area contributed by atoms with Crippen molar-refractivity contribution in [1.29, 1.82) is 0 Å². The zero-order chi connectivity index (χ0) is 19.1. The van der Waals surface area contributed by atoms with Crippen LogP contribution < -0.4 is 10.6 Å². The highest BCUT2D eigenvalue weighted by Crippen LogP contribution is 2.18. The Kier molecular flexibility index (Phi) is 6.49. The van der Waals surface area contributed by atoms with Crippen LogP contribution in [0.3, 0.4) is 0 Å². The second-order valence-corrected chi connectivity index (χ2v) is 5.88. The molecule has 0 saturated carbocycles. The van der Waals surface area contributed by atoms with Crippen molar-refractivity contribution in [2.45, 2.75) is 26.7 Å². The van der Waals surface area contributed by atoms with Gasteiger partial charge in [-0.2, -0.15) is 0 Å². The summed E-state index contributed by atoms with van der Waals surface area (Å²) in [5.74, 6) is -1.61. The third kappa shape index (κ3) is 4.69. The van der Waals surface area contributed by atoms with Crippen LogP contribution in [0.2, 0.25) is 0 Å². The molecular weight excluding hydrogens is 332 g/mol. The van der Waals surface area contributed by atoms with Gasteiger partial charge in [-0.05, 0) is 49.2 Å². The first-order valence-corrected chi connectivity index (χ1v) is 8.50. The molecule has 0 aliphatic carbocycles. The SMILES string of the molecule is CCC(CC)C(=O)Nc1ccc(C(=O)Nc2ccccc2C(=O)O)cc1. The van der Waals surface area contributed by atoms with Crippen molar-refractivity contribution in [2.24, 2.45) is 5.92 Å². The van der Waals surface area contributed by atoms with Gasteiger partial charge >= 0.3 is 5.97 Å². The first-order valence-electron chi connectivity index (χ1n) is 8.50. The molecule has 2 aromatic rings. The summed E-state index contributed by atoms with van der Waals surface area (Å²) < 4.78 is 0. The first kappa shape index (κ1) is 19.2. The summed E-state index contributed by atoms with van der Waals surface area (Å²) in [6.07, 6.45) is 1.54. The van der Waals surface area contributed by atoms with Crippen LogP contribution >= 0.6 is 0 Å². The van der Waals surface area contributed by atoms with Crippen molar-refractivity contribution in [2.75, 3.05) is 10.6 Å². The molecule has 0 aliphatic heterocycles. The van der Waals surface area contributed by atoms with Crippen molar-refractivity contribution in [3.8, 4) is 0 Å². The molecule has 2 aromatic carbocycles. The maximum absolute atomic E-state index is 12.3.